The van der Waals surface area contributed by atoms with Crippen molar-refractivity contribution in [2.24, 2.45) is 0 Å². The predicted octanol–water partition coefficient (Wildman–Crippen LogP) is 4.04. The molecule has 1 heterocycles. The molecule has 0 bridgehead atoms. The van der Waals surface area contributed by atoms with Crippen LogP contribution < -0.4 is 14.8 Å². The van der Waals surface area contributed by atoms with E-state index in [0.29, 0.717) is 18.7 Å². The van der Waals surface area contributed by atoms with Gasteiger partial charge in [0.05, 0.1) is 23.1 Å². The third-order valence-electron chi connectivity index (χ3n) is 5.48. The first-order valence-electron chi connectivity index (χ1n) is 10.6. The van der Waals surface area contributed by atoms with Crippen LogP contribution in [0.3, 0.4) is 0 Å². The van der Waals surface area contributed by atoms with Crippen molar-refractivity contribution in [3.8, 4) is 5.75 Å². The van der Waals surface area contributed by atoms with Crippen LogP contribution in [0, 0.1) is 0 Å². The second-order valence-electron chi connectivity index (χ2n) is 8.05. The Kier molecular flexibility index (Phi) is 6.95. The Labute approximate surface area is 192 Å². The minimum Gasteiger partial charge on any atom is -0.492 e. The van der Waals surface area contributed by atoms with Crippen LogP contribution in [0.1, 0.15) is 35.8 Å². The zero-order chi connectivity index (χ0) is 22.7. The van der Waals surface area contributed by atoms with Gasteiger partial charge in [-0.25, -0.2) is 8.42 Å². The summed E-state index contributed by atoms with van der Waals surface area (Å²) in [6.45, 7) is 1.25. The molecule has 172 valence electrons. The van der Waals surface area contributed by atoms with Crippen LogP contribution in [0.25, 0.3) is 11.0 Å². The standard InChI is InChI=1S/C23H27ClN2O5S/c1-32(28,29)26-20-12-15(6-9-19(20)24)21(27)14-25-10-11-30-16-7-8-18-17-4-2-3-5-22(17)31-23(18)13-16/h6-9,12-13,21,25-27H,2-5,10-11,14H2,1H3. The maximum absolute atomic E-state index is 11.5. The number of halogens is 1. The van der Waals surface area contributed by atoms with E-state index in [-0.39, 0.29) is 17.3 Å². The molecule has 1 unspecified atom stereocenters. The van der Waals surface area contributed by atoms with Gasteiger partial charge in [-0.05, 0) is 49.1 Å². The summed E-state index contributed by atoms with van der Waals surface area (Å²) >= 11 is 6.03. The maximum atomic E-state index is 11.5. The van der Waals surface area contributed by atoms with Gasteiger partial charge < -0.3 is 19.6 Å². The Morgan fingerprint density at radius 1 is 1.19 bits per heavy atom. The molecule has 0 saturated carbocycles. The van der Waals surface area contributed by atoms with Crippen molar-refractivity contribution in [2.75, 3.05) is 30.7 Å². The van der Waals surface area contributed by atoms with Gasteiger partial charge in [-0.2, -0.15) is 0 Å². The van der Waals surface area contributed by atoms with E-state index in [4.69, 9.17) is 20.8 Å². The topological polar surface area (TPSA) is 101 Å². The number of furan rings is 1. The lowest BCUT2D eigenvalue weighted by atomic mass is 9.96. The van der Waals surface area contributed by atoms with Crippen molar-refractivity contribution in [3.05, 3.63) is 58.3 Å². The summed E-state index contributed by atoms with van der Waals surface area (Å²) in [6.07, 6.45) is 4.70. The van der Waals surface area contributed by atoms with E-state index in [0.717, 1.165) is 36.2 Å². The molecule has 3 N–H and O–H groups in total. The zero-order valence-electron chi connectivity index (χ0n) is 17.9. The number of aliphatic hydroxyl groups is 1. The molecular formula is C23H27ClN2O5S. The fraction of sp³-hybridized carbons (Fsp3) is 0.391. The Morgan fingerprint density at radius 3 is 2.81 bits per heavy atom. The molecule has 4 rings (SSSR count). The smallest absolute Gasteiger partial charge is 0.229 e. The van der Waals surface area contributed by atoms with Crippen molar-refractivity contribution < 1.29 is 22.7 Å². The van der Waals surface area contributed by atoms with Gasteiger partial charge in [0, 0.05) is 36.5 Å². The predicted molar refractivity (Wildman–Crippen MR) is 126 cm³/mol. The van der Waals surface area contributed by atoms with Crippen LogP contribution in [-0.4, -0.2) is 39.5 Å². The number of hydrogen-bond donors (Lipinski definition) is 3. The molecule has 1 aliphatic rings. The second kappa shape index (κ2) is 9.70. The lowest BCUT2D eigenvalue weighted by molar-refractivity contribution is 0.172. The molecule has 2 aromatic carbocycles. The molecule has 9 heteroatoms. The first-order valence-corrected chi connectivity index (χ1v) is 12.9. The number of fused-ring (bicyclic) bond motifs is 3. The van der Waals surface area contributed by atoms with Crippen LogP contribution in [0.2, 0.25) is 5.02 Å². The molecule has 0 saturated heterocycles. The first-order chi connectivity index (χ1) is 15.3. The summed E-state index contributed by atoms with van der Waals surface area (Å²) in [5.74, 6) is 1.86. The number of ether oxygens (including phenoxy) is 1. The van der Waals surface area contributed by atoms with Crippen molar-refractivity contribution in [2.45, 2.75) is 31.8 Å². The van der Waals surface area contributed by atoms with Crippen LogP contribution >= 0.6 is 11.6 Å². The van der Waals surface area contributed by atoms with Gasteiger partial charge in [0.1, 0.15) is 23.7 Å². The summed E-state index contributed by atoms with van der Waals surface area (Å²) in [6, 6.07) is 10.7. The Morgan fingerprint density at radius 2 is 2.00 bits per heavy atom. The molecule has 0 fully saturated rings. The van der Waals surface area contributed by atoms with E-state index in [2.05, 4.69) is 16.1 Å². The number of aliphatic hydroxyl groups excluding tert-OH is 1. The number of anilines is 1. The molecule has 0 radical (unpaired) electrons. The minimum atomic E-state index is -3.46. The molecule has 0 amide bonds. The van der Waals surface area contributed by atoms with E-state index in [1.165, 1.54) is 29.9 Å². The molecule has 1 atom stereocenters. The third kappa shape index (κ3) is 5.56. The minimum absolute atomic E-state index is 0.240. The van der Waals surface area contributed by atoms with Crippen LogP contribution in [-0.2, 0) is 22.9 Å². The third-order valence-corrected chi connectivity index (χ3v) is 6.40. The van der Waals surface area contributed by atoms with E-state index >= 15 is 0 Å². The highest BCUT2D eigenvalue weighted by molar-refractivity contribution is 7.92. The molecule has 1 aliphatic carbocycles. The van der Waals surface area contributed by atoms with E-state index in [1.54, 1.807) is 12.1 Å². The molecule has 1 aromatic heterocycles. The van der Waals surface area contributed by atoms with Gasteiger partial charge in [0.15, 0.2) is 0 Å². The SMILES string of the molecule is CS(=O)(=O)Nc1cc(C(O)CNCCOc2ccc3c4c(oc3c2)CCCC4)ccc1Cl. The fourth-order valence-corrected chi connectivity index (χ4v) is 4.75. The van der Waals surface area contributed by atoms with Crippen LogP contribution in [0.4, 0.5) is 5.69 Å². The lowest BCUT2D eigenvalue weighted by Gasteiger charge is -2.15. The van der Waals surface area contributed by atoms with Crippen molar-refractivity contribution >= 4 is 38.3 Å². The lowest BCUT2D eigenvalue weighted by Crippen LogP contribution is -2.26. The summed E-state index contributed by atoms with van der Waals surface area (Å²) in [5.41, 5.74) is 3.01. The van der Waals surface area contributed by atoms with Crippen molar-refractivity contribution in [1.82, 2.24) is 5.32 Å². The van der Waals surface area contributed by atoms with E-state index in [1.807, 2.05) is 12.1 Å². The van der Waals surface area contributed by atoms with E-state index < -0.39 is 16.1 Å². The van der Waals surface area contributed by atoms with Gasteiger partial charge >= 0.3 is 0 Å². The number of hydrogen-bond acceptors (Lipinski definition) is 6. The van der Waals surface area contributed by atoms with E-state index in [9.17, 15) is 13.5 Å². The second-order valence-corrected chi connectivity index (χ2v) is 10.2. The summed E-state index contributed by atoms with van der Waals surface area (Å²) < 4.78 is 37.1. The highest BCUT2D eigenvalue weighted by Gasteiger charge is 2.18. The van der Waals surface area contributed by atoms with Gasteiger partial charge in [-0.15, -0.1) is 0 Å². The zero-order valence-corrected chi connectivity index (χ0v) is 19.4. The van der Waals surface area contributed by atoms with Crippen molar-refractivity contribution in [1.29, 1.82) is 0 Å². The van der Waals surface area contributed by atoms with Crippen LogP contribution in [0.15, 0.2) is 40.8 Å². The molecule has 3 aromatic rings. The van der Waals surface area contributed by atoms with Crippen LogP contribution in [0.5, 0.6) is 5.75 Å². The number of sulfonamides is 1. The summed E-state index contributed by atoms with van der Waals surface area (Å²) in [7, 11) is -3.46. The molecule has 32 heavy (non-hydrogen) atoms. The maximum Gasteiger partial charge on any atom is 0.229 e. The first kappa shape index (κ1) is 22.9. The average molecular weight is 479 g/mol. The Hall–Kier alpha value is -2.26. The Bertz CT molecular complexity index is 1210. The monoisotopic (exact) mass is 478 g/mol. The molecule has 0 aliphatic heterocycles. The van der Waals surface area contributed by atoms with Gasteiger partial charge in [-0.1, -0.05) is 17.7 Å². The fourth-order valence-electron chi connectivity index (χ4n) is 3.96. The highest BCUT2D eigenvalue weighted by atomic mass is 35.5. The van der Waals surface area contributed by atoms with Gasteiger partial charge in [-0.3, -0.25) is 4.72 Å². The quantitative estimate of drug-likeness (QED) is 0.401. The molecule has 7 nitrogen and oxygen atoms in total. The highest BCUT2D eigenvalue weighted by Crippen LogP contribution is 2.33. The summed E-state index contributed by atoms with van der Waals surface area (Å²) in [4.78, 5) is 0. The largest absolute Gasteiger partial charge is 0.492 e. The number of benzene rings is 2. The van der Waals surface area contributed by atoms with Gasteiger partial charge in [0.2, 0.25) is 10.0 Å². The Balaban J connectivity index is 1.27. The average Bonchev–Trinajstić information content (AvgIpc) is 3.11. The molecule has 0 spiro atoms. The van der Waals surface area contributed by atoms with Crippen molar-refractivity contribution in [3.63, 3.8) is 0 Å². The van der Waals surface area contributed by atoms with Gasteiger partial charge in [0.25, 0.3) is 0 Å². The number of aryl methyl sites for hydroxylation is 2. The normalized spacial score (nSPS) is 14.8. The number of nitrogens with one attached hydrogen (secondary N) is 2. The molecular weight excluding hydrogens is 452 g/mol. The number of rotatable bonds is 9. The summed E-state index contributed by atoms with van der Waals surface area (Å²) in [5, 5.41) is 15.0.